The molecule has 1 N–H and O–H groups in total. The molecule has 0 aliphatic carbocycles. The van der Waals surface area contributed by atoms with Crippen LogP contribution in [0.2, 0.25) is 0 Å². The van der Waals surface area contributed by atoms with Gasteiger partial charge in [-0.3, -0.25) is 4.98 Å². The number of pyridine rings is 1. The second kappa shape index (κ2) is 4.54. The first-order chi connectivity index (χ1) is 8.86. The van der Waals surface area contributed by atoms with Gasteiger partial charge >= 0.3 is 0 Å². The summed E-state index contributed by atoms with van der Waals surface area (Å²) in [7, 11) is 0. The average Bonchev–Trinajstić information content (AvgIpc) is 2.87. The van der Waals surface area contributed by atoms with Crippen LogP contribution in [0.5, 0.6) is 0 Å². The lowest BCUT2D eigenvalue weighted by molar-refractivity contribution is 0.276. The van der Waals surface area contributed by atoms with Crippen LogP contribution in [-0.2, 0) is 13.2 Å². The van der Waals surface area contributed by atoms with E-state index in [1.807, 2.05) is 30.3 Å². The van der Waals surface area contributed by atoms with Gasteiger partial charge in [-0.05, 0) is 11.6 Å². The second-order valence-electron chi connectivity index (χ2n) is 4.06. The summed E-state index contributed by atoms with van der Waals surface area (Å²) in [5.41, 5.74) is 2.63. The predicted octanol–water partition coefficient (Wildman–Crippen LogP) is 1.37. The van der Waals surface area contributed by atoms with Crippen LogP contribution in [-0.4, -0.2) is 25.1 Å². The molecule has 0 unspecified atom stereocenters. The molecule has 0 spiro atoms. The molecule has 1 aromatic carbocycles. The number of hydrogen-bond donors (Lipinski definition) is 1. The Hall–Kier alpha value is -2.27. The molecule has 5 heteroatoms. The Morgan fingerprint density at radius 2 is 2.06 bits per heavy atom. The van der Waals surface area contributed by atoms with Crippen molar-refractivity contribution in [3.63, 3.8) is 0 Å². The minimum Gasteiger partial charge on any atom is -0.390 e. The van der Waals surface area contributed by atoms with Gasteiger partial charge in [0.15, 0.2) is 0 Å². The molecule has 0 radical (unpaired) electrons. The molecule has 90 valence electrons. The second-order valence-corrected chi connectivity index (χ2v) is 4.06. The van der Waals surface area contributed by atoms with Gasteiger partial charge in [0.05, 0.1) is 24.9 Å². The van der Waals surface area contributed by atoms with Gasteiger partial charge in [0, 0.05) is 11.6 Å². The SMILES string of the molecule is OCc1cn(Cc2cccc3cccnc23)nn1. The Morgan fingerprint density at radius 3 is 2.89 bits per heavy atom. The fraction of sp³-hybridized carbons (Fsp3) is 0.154. The summed E-state index contributed by atoms with van der Waals surface area (Å²) < 4.78 is 1.70. The normalized spacial score (nSPS) is 10.9. The van der Waals surface area contributed by atoms with Crippen LogP contribution in [0.15, 0.2) is 42.7 Å². The van der Waals surface area contributed by atoms with E-state index in [0.29, 0.717) is 12.2 Å². The maximum absolute atomic E-state index is 8.96. The lowest BCUT2D eigenvalue weighted by atomic mass is 10.1. The van der Waals surface area contributed by atoms with Crippen molar-refractivity contribution < 1.29 is 5.11 Å². The highest BCUT2D eigenvalue weighted by Crippen LogP contribution is 2.16. The maximum Gasteiger partial charge on any atom is 0.108 e. The molecule has 0 atom stereocenters. The minimum absolute atomic E-state index is 0.0895. The van der Waals surface area contributed by atoms with Crippen LogP contribution in [0, 0.1) is 0 Å². The summed E-state index contributed by atoms with van der Waals surface area (Å²) >= 11 is 0. The molecular formula is C13H12N4O. The highest BCUT2D eigenvalue weighted by molar-refractivity contribution is 5.81. The third-order valence-corrected chi connectivity index (χ3v) is 2.80. The number of aromatic nitrogens is 4. The number of rotatable bonds is 3. The van der Waals surface area contributed by atoms with Crippen LogP contribution in [0.3, 0.4) is 0 Å². The van der Waals surface area contributed by atoms with Gasteiger partial charge in [0.2, 0.25) is 0 Å². The zero-order chi connectivity index (χ0) is 12.4. The maximum atomic E-state index is 8.96. The Labute approximate surface area is 104 Å². The van der Waals surface area contributed by atoms with E-state index in [2.05, 4.69) is 15.3 Å². The van der Waals surface area contributed by atoms with Gasteiger partial charge in [-0.25, -0.2) is 4.68 Å². The van der Waals surface area contributed by atoms with E-state index >= 15 is 0 Å². The molecule has 0 saturated heterocycles. The zero-order valence-corrected chi connectivity index (χ0v) is 9.69. The molecule has 2 heterocycles. The van der Waals surface area contributed by atoms with E-state index in [0.717, 1.165) is 16.5 Å². The van der Waals surface area contributed by atoms with Crippen LogP contribution in [0.1, 0.15) is 11.3 Å². The highest BCUT2D eigenvalue weighted by Gasteiger charge is 2.04. The highest BCUT2D eigenvalue weighted by atomic mass is 16.3. The molecule has 0 aliphatic heterocycles. The molecule has 3 aromatic rings. The topological polar surface area (TPSA) is 63.8 Å². The van der Waals surface area contributed by atoms with Crippen molar-refractivity contribution in [2.75, 3.05) is 0 Å². The first-order valence-electron chi connectivity index (χ1n) is 5.69. The Bertz CT molecular complexity index is 672. The van der Waals surface area contributed by atoms with E-state index in [-0.39, 0.29) is 6.61 Å². The first kappa shape index (κ1) is 10.9. The van der Waals surface area contributed by atoms with E-state index in [4.69, 9.17) is 5.11 Å². The van der Waals surface area contributed by atoms with Crippen LogP contribution >= 0.6 is 0 Å². The fourth-order valence-electron chi connectivity index (χ4n) is 1.96. The van der Waals surface area contributed by atoms with E-state index in [1.165, 1.54) is 0 Å². The van der Waals surface area contributed by atoms with Crippen LogP contribution < -0.4 is 0 Å². The van der Waals surface area contributed by atoms with E-state index in [1.54, 1.807) is 17.1 Å². The van der Waals surface area contributed by atoms with Crippen molar-refractivity contribution in [1.82, 2.24) is 20.0 Å². The largest absolute Gasteiger partial charge is 0.390 e. The van der Waals surface area contributed by atoms with Crippen molar-refractivity contribution in [2.45, 2.75) is 13.2 Å². The van der Waals surface area contributed by atoms with Gasteiger partial charge in [0.25, 0.3) is 0 Å². The Morgan fingerprint density at radius 1 is 1.17 bits per heavy atom. The molecule has 0 saturated carbocycles. The minimum atomic E-state index is -0.0895. The third-order valence-electron chi connectivity index (χ3n) is 2.80. The zero-order valence-electron chi connectivity index (χ0n) is 9.69. The summed E-state index contributed by atoms with van der Waals surface area (Å²) in [6.45, 7) is 0.509. The first-order valence-corrected chi connectivity index (χ1v) is 5.69. The lowest BCUT2D eigenvalue weighted by Crippen LogP contribution is -2.01. The smallest absolute Gasteiger partial charge is 0.108 e. The molecule has 0 amide bonds. The Balaban J connectivity index is 1.99. The van der Waals surface area contributed by atoms with Crippen LogP contribution in [0.4, 0.5) is 0 Å². The molecule has 2 aromatic heterocycles. The summed E-state index contributed by atoms with van der Waals surface area (Å²) in [4.78, 5) is 4.39. The van der Waals surface area contributed by atoms with Gasteiger partial charge in [0.1, 0.15) is 5.69 Å². The van der Waals surface area contributed by atoms with Gasteiger partial charge in [-0.1, -0.05) is 29.5 Å². The molecule has 0 fully saturated rings. The van der Waals surface area contributed by atoms with E-state index in [9.17, 15) is 0 Å². The molecule has 5 nitrogen and oxygen atoms in total. The lowest BCUT2D eigenvalue weighted by Gasteiger charge is -2.04. The molecule has 0 bridgehead atoms. The molecular weight excluding hydrogens is 228 g/mol. The summed E-state index contributed by atoms with van der Waals surface area (Å²) in [6, 6.07) is 10.0. The van der Waals surface area contributed by atoms with Crippen molar-refractivity contribution in [3.05, 3.63) is 54.0 Å². The Kier molecular flexibility index (Phi) is 2.74. The van der Waals surface area contributed by atoms with Crippen molar-refractivity contribution in [2.24, 2.45) is 0 Å². The number of fused-ring (bicyclic) bond motifs is 1. The number of para-hydroxylation sites is 1. The number of hydrogen-bond acceptors (Lipinski definition) is 4. The molecule has 3 rings (SSSR count). The number of aliphatic hydroxyl groups excluding tert-OH is 1. The monoisotopic (exact) mass is 240 g/mol. The molecule has 0 aliphatic rings. The average molecular weight is 240 g/mol. The predicted molar refractivity (Wildman–Crippen MR) is 66.8 cm³/mol. The quantitative estimate of drug-likeness (QED) is 0.751. The number of nitrogens with zero attached hydrogens (tertiary/aromatic N) is 4. The summed E-state index contributed by atoms with van der Waals surface area (Å²) in [6.07, 6.45) is 3.52. The van der Waals surface area contributed by atoms with E-state index < -0.39 is 0 Å². The number of benzene rings is 1. The van der Waals surface area contributed by atoms with Gasteiger partial charge in [-0.2, -0.15) is 0 Å². The molecule has 18 heavy (non-hydrogen) atoms. The van der Waals surface area contributed by atoms with Gasteiger partial charge in [-0.15, -0.1) is 5.10 Å². The van der Waals surface area contributed by atoms with Crippen molar-refractivity contribution >= 4 is 10.9 Å². The third kappa shape index (κ3) is 1.96. The number of aliphatic hydroxyl groups is 1. The van der Waals surface area contributed by atoms with Crippen LogP contribution in [0.25, 0.3) is 10.9 Å². The van der Waals surface area contributed by atoms with Crippen molar-refractivity contribution in [3.8, 4) is 0 Å². The summed E-state index contributed by atoms with van der Waals surface area (Å²) in [5.74, 6) is 0. The summed E-state index contributed by atoms with van der Waals surface area (Å²) in [5, 5.41) is 17.9. The van der Waals surface area contributed by atoms with Crippen molar-refractivity contribution in [1.29, 1.82) is 0 Å². The fourth-order valence-corrected chi connectivity index (χ4v) is 1.96. The standard InChI is InChI=1S/C13H12N4O/c18-9-12-8-17(16-15-12)7-11-4-1-3-10-5-2-6-14-13(10)11/h1-6,8,18H,7,9H2. The van der Waals surface area contributed by atoms with Gasteiger partial charge < -0.3 is 5.11 Å².